The molecule has 2 rings (SSSR count). The van der Waals surface area contributed by atoms with Crippen LogP contribution in [0, 0.1) is 0 Å². The summed E-state index contributed by atoms with van der Waals surface area (Å²) in [5.74, 6) is 0. The van der Waals surface area contributed by atoms with E-state index in [1.54, 1.807) is 4.31 Å². The second kappa shape index (κ2) is 5.86. The number of nitrogens with zero attached hydrogens (tertiary/aromatic N) is 2. The highest BCUT2D eigenvalue weighted by atomic mass is 32.2. The van der Waals surface area contributed by atoms with Crippen LogP contribution in [0.5, 0.6) is 0 Å². The van der Waals surface area contributed by atoms with Crippen LogP contribution in [0.15, 0.2) is 0 Å². The van der Waals surface area contributed by atoms with Crippen molar-refractivity contribution in [2.24, 2.45) is 0 Å². The Morgan fingerprint density at radius 2 is 1.83 bits per heavy atom. The lowest BCUT2D eigenvalue weighted by Crippen LogP contribution is -2.51. The Hall–Kier alpha value is -0.170. The first-order valence-corrected chi connectivity index (χ1v) is 8.78. The predicted octanol–water partition coefficient (Wildman–Crippen LogP) is 0.0942. The molecule has 6 heteroatoms. The number of piperazine rings is 1. The lowest BCUT2D eigenvalue weighted by molar-refractivity contribution is 0.137. The van der Waals surface area contributed by atoms with Gasteiger partial charge >= 0.3 is 0 Å². The minimum absolute atomic E-state index is 0.649. The first-order valence-electron chi connectivity index (χ1n) is 6.93. The van der Waals surface area contributed by atoms with Crippen molar-refractivity contribution >= 4 is 10.0 Å². The molecular weight excluding hydrogens is 250 g/mol. The van der Waals surface area contributed by atoms with E-state index in [-0.39, 0.29) is 0 Å². The zero-order chi connectivity index (χ0) is 13.2. The molecule has 1 aliphatic carbocycles. The molecule has 0 radical (unpaired) electrons. The molecule has 0 bridgehead atoms. The monoisotopic (exact) mass is 275 g/mol. The summed E-state index contributed by atoms with van der Waals surface area (Å²) in [5.41, 5.74) is 0. The molecule has 1 aliphatic heterocycles. The van der Waals surface area contributed by atoms with Gasteiger partial charge in [0.25, 0.3) is 0 Å². The fourth-order valence-corrected chi connectivity index (χ4v) is 3.99. The van der Waals surface area contributed by atoms with Crippen molar-refractivity contribution in [3.8, 4) is 0 Å². The van der Waals surface area contributed by atoms with Gasteiger partial charge in [-0.1, -0.05) is 6.92 Å². The average Bonchev–Trinajstić information content (AvgIpc) is 2.77. The summed E-state index contributed by atoms with van der Waals surface area (Å²) in [6.07, 6.45) is 5.02. The zero-order valence-electron chi connectivity index (χ0n) is 11.4. The topological polar surface area (TPSA) is 52.6 Å². The van der Waals surface area contributed by atoms with E-state index in [9.17, 15) is 8.42 Å². The third-order valence-corrected chi connectivity index (χ3v) is 5.46. The van der Waals surface area contributed by atoms with Gasteiger partial charge in [-0.25, -0.2) is 8.42 Å². The van der Waals surface area contributed by atoms with Crippen molar-refractivity contribution in [3.05, 3.63) is 0 Å². The number of sulfonamides is 1. The number of nitrogens with one attached hydrogen (secondary N) is 1. The summed E-state index contributed by atoms with van der Waals surface area (Å²) in [6.45, 7) is 6.27. The van der Waals surface area contributed by atoms with Gasteiger partial charge in [-0.05, 0) is 25.8 Å². The Balaban J connectivity index is 1.80. The summed E-state index contributed by atoms with van der Waals surface area (Å²) < 4.78 is 24.5. The summed E-state index contributed by atoms with van der Waals surface area (Å²) in [7, 11) is -3.00. The van der Waals surface area contributed by atoms with E-state index in [1.807, 2.05) is 0 Å². The molecule has 1 heterocycles. The van der Waals surface area contributed by atoms with Crippen molar-refractivity contribution in [2.75, 3.05) is 39.0 Å². The third kappa shape index (κ3) is 3.44. The molecule has 5 nitrogen and oxygen atoms in total. The highest BCUT2D eigenvalue weighted by molar-refractivity contribution is 7.88. The maximum absolute atomic E-state index is 11.4. The van der Waals surface area contributed by atoms with Crippen LogP contribution in [0.1, 0.15) is 26.2 Å². The third-order valence-electron chi connectivity index (χ3n) is 4.16. The SMILES string of the molecule is CCNC1CCC(N2CCN(S(C)(=O)=O)CC2)C1. The van der Waals surface area contributed by atoms with Crippen LogP contribution in [-0.4, -0.2) is 68.7 Å². The van der Waals surface area contributed by atoms with E-state index >= 15 is 0 Å². The van der Waals surface area contributed by atoms with E-state index in [0.717, 1.165) is 19.6 Å². The molecule has 1 N–H and O–H groups in total. The number of hydrogen-bond acceptors (Lipinski definition) is 4. The van der Waals surface area contributed by atoms with Gasteiger partial charge in [-0.3, -0.25) is 4.90 Å². The number of rotatable bonds is 4. The van der Waals surface area contributed by atoms with E-state index in [2.05, 4.69) is 17.1 Å². The molecule has 18 heavy (non-hydrogen) atoms. The van der Waals surface area contributed by atoms with Crippen LogP contribution in [0.4, 0.5) is 0 Å². The van der Waals surface area contributed by atoms with E-state index in [0.29, 0.717) is 25.2 Å². The fourth-order valence-electron chi connectivity index (χ4n) is 3.16. The highest BCUT2D eigenvalue weighted by Crippen LogP contribution is 2.25. The lowest BCUT2D eigenvalue weighted by atomic mass is 10.2. The van der Waals surface area contributed by atoms with Crippen molar-refractivity contribution < 1.29 is 8.42 Å². The van der Waals surface area contributed by atoms with E-state index in [4.69, 9.17) is 0 Å². The summed E-state index contributed by atoms with van der Waals surface area (Å²) >= 11 is 0. The maximum Gasteiger partial charge on any atom is 0.211 e. The Kier molecular flexibility index (Phi) is 4.64. The van der Waals surface area contributed by atoms with Gasteiger partial charge < -0.3 is 5.32 Å². The molecule has 0 amide bonds. The molecule has 106 valence electrons. The first-order chi connectivity index (χ1) is 8.50. The van der Waals surface area contributed by atoms with E-state index < -0.39 is 10.0 Å². The Bertz CT molecular complexity index is 364. The molecule has 0 aromatic rings. The van der Waals surface area contributed by atoms with Gasteiger partial charge in [0, 0.05) is 38.3 Å². The van der Waals surface area contributed by atoms with Crippen molar-refractivity contribution in [3.63, 3.8) is 0 Å². The molecule has 1 saturated carbocycles. The fraction of sp³-hybridized carbons (Fsp3) is 1.00. The molecule has 1 saturated heterocycles. The Labute approximate surface area is 111 Å². The van der Waals surface area contributed by atoms with Crippen molar-refractivity contribution in [2.45, 2.75) is 38.3 Å². The second-order valence-corrected chi connectivity index (χ2v) is 7.40. The van der Waals surface area contributed by atoms with Crippen LogP contribution in [-0.2, 0) is 10.0 Å². The van der Waals surface area contributed by atoms with Crippen molar-refractivity contribution in [1.82, 2.24) is 14.5 Å². The standard InChI is InChI=1S/C12H25N3O2S/c1-3-13-11-4-5-12(10-11)14-6-8-15(9-7-14)18(2,16)17/h11-13H,3-10H2,1-2H3. The minimum Gasteiger partial charge on any atom is -0.314 e. The number of hydrogen-bond donors (Lipinski definition) is 1. The molecule has 2 atom stereocenters. The molecule has 0 spiro atoms. The van der Waals surface area contributed by atoms with E-state index in [1.165, 1.54) is 25.5 Å². The van der Waals surface area contributed by atoms with Crippen LogP contribution in [0.2, 0.25) is 0 Å². The van der Waals surface area contributed by atoms with Crippen LogP contribution in [0.25, 0.3) is 0 Å². The Morgan fingerprint density at radius 3 is 2.39 bits per heavy atom. The summed E-state index contributed by atoms with van der Waals surface area (Å²) in [6, 6.07) is 1.31. The average molecular weight is 275 g/mol. The smallest absolute Gasteiger partial charge is 0.211 e. The molecular formula is C12H25N3O2S. The zero-order valence-corrected chi connectivity index (χ0v) is 12.2. The quantitative estimate of drug-likeness (QED) is 0.790. The molecule has 2 unspecified atom stereocenters. The maximum atomic E-state index is 11.4. The van der Waals surface area contributed by atoms with Gasteiger partial charge in [0.05, 0.1) is 6.26 Å². The largest absolute Gasteiger partial charge is 0.314 e. The van der Waals surface area contributed by atoms with Gasteiger partial charge in [0.2, 0.25) is 10.0 Å². The minimum atomic E-state index is -3.00. The predicted molar refractivity (Wildman–Crippen MR) is 73.1 cm³/mol. The Morgan fingerprint density at radius 1 is 1.17 bits per heavy atom. The normalized spacial score (nSPS) is 31.9. The second-order valence-electron chi connectivity index (χ2n) is 5.42. The van der Waals surface area contributed by atoms with Crippen LogP contribution < -0.4 is 5.32 Å². The molecule has 0 aromatic carbocycles. The van der Waals surface area contributed by atoms with Gasteiger partial charge in [0.1, 0.15) is 0 Å². The molecule has 2 fully saturated rings. The molecule has 2 aliphatic rings. The van der Waals surface area contributed by atoms with Gasteiger partial charge in [-0.2, -0.15) is 4.31 Å². The first kappa shape index (κ1) is 14.2. The van der Waals surface area contributed by atoms with Crippen LogP contribution >= 0.6 is 0 Å². The molecule has 0 aromatic heterocycles. The van der Waals surface area contributed by atoms with Gasteiger partial charge in [-0.15, -0.1) is 0 Å². The van der Waals surface area contributed by atoms with Crippen molar-refractivity contribution in [1.29, 1.82) is 0 Å². The summed E-state index contributed by atoms with van der Waals surface area (Å²) in [4.78, 5) is 2.47. The van der Waals surface area contributed by atoms with Gasteiger partial charge in [0.15, 0.2) is 0 Å². The highest BCUT2D eigenvalue weighted by Gasteiger charge is 2.32. The lowest BCUT2D eigenvalue weighted by Gasteiger charge is -2.37. The van der Waals surface area contributed by atoms with Crippen LogP contribution in [0.3, 0.4) is 0 Å². The summed E-state index contributed by atoms with van der Waals surface area (Å²) in [5, 5.41) is 3.51.